The molecule has 9 nitrogen and oxygen atoms in total. The third-order valence-corrected chi connectivity index (χ3v) is 7.60. The van der Waals surface area contributed by atoms with Gasteiger partial charge >= 0.3 is 6.09 Å². The zero-order valence-corrected chi connectivity index (χ0v) is 25.1. The lowest BCUT2D eigenvalue weighted by molar-refractivity contribution is -0.139. The fourth-order valence-electron chi connectivity index (χ4n) is 5.28. The van der Waals surface area contributed by atoms with E-state index in [-0.39, 0.29) is 24.5 Å². The lowest BCUT2D eigenvalue weighted by Gasteiger charge is -2.35. The van der Waals surface area contributed by atoms with Crippen molar-refractivity contribution in [3.05, 3.63) is 53.1 Å². The van der Waals surface area contributed by atoms with Crippen molar-refractivity contribution in [1.82, 2.24) is 10.2 Å². The first-order valence-corrected chi connectivity index (χ1v) is 14.7. The van der Waals surface area contributed by atoms with Gasteiger partial charge in [-0.3, -0.25) is 9.59 Å². The molecule has 2 aromatic rings. The number of aryl methyl sites for hydroxylation is 1. The fraction of sp³-hybridized carbons (Fsp3) is 0.516. The number of hydrogen-bond donors (Lipinski definition) is 2. The van der Waals surface area contributed by atoms with Gasteiger partial charge in [-0.05, 0) is 76.8 Å². The minimum absolute atomic E-state index is 0.0595. The van der Waals surface area contributed by atoms with E-state index in [9.17, 15) is 14.4 Å². The molecule has 222 valence electrons. The second kappa shape index (κ2) is 13.5. The molecule has 0 saturated carbocycles. The smallest absolute Gasteiger partial charge is 0.408 e. The molecule has 2 aliphatic rings. The molecule has 0 bridgehead atoms. The Kier molecular flexibility index (Phi) is 10.0. The highest BCUT2D eigenvalue weighted by Gasteiger charge is 2.32. The van der Waals surface area contributed by atoms with E-state index in [0.717, 1.165) is 38.8 Å². The van der Waals surface area contributed by atoms with E-state index in [2.05, 4.69) is 46.7 Å². The summed E-state index contributed by atoms with van der Waals surface area (Å²) in [6.45, 7) is 9.41. The van der Waals surface area contributed by atoms with Crippen molar-refractivity contribution >= 4 is 40.9 Å². The van der Waals surface area contributed by atoms with Crippen LogP contribution in [-0.4, -0.2) is 66.7 Å². The molecule has 4 rings (SSSR count). The third-order valence-electron chi connectivity index (χ3n) is 7.30. The van der Waals surface area contributed by atoms with Gasteiger partial charge in [-0.25, -0.2) is 4.79 Å². The summed E-state index contributed by atoms with van der Waals surface area (Å²) in [7, 11) is 0. The minimum Gasteiger partial charge on any atom is -0.489 e. The average Bonchev–Trinajstić information content (AvgIpc) is 2.93. The van der Waals surface area contributed by atoms with Gasteiger partial charge in [0, 0.05) is 43.9 Å². The zero-order valence-electron chi connectivity index (χ0n) is 24.4. The maximum absolute atomic E-state index is 13.2. The number of para-hydroxylation sites is 1. The van der Waals surface area contributed by atoms with E-state index >= 15 is 0 Å². The molecule has 2 aromatic carbocycles. The summed E-state index contributed by atoms with van der Waals surface area (Å²) in [5, 5.41) is 5.81. The topological polar surface area (TPSA) is 100 Å². The molecule has 10 heteroatoms. The number of rotatable bonds is 7. The molecular formula is C31H41ClN4O5. The Balaban J connectivity index is 1.30. The van der Waals surface area contributed by atoms with Crippen molar-refractivity contribution in [1.29, 1.82) is 0 Å². The monoisotopic (exact) mass is 584 g/mol. The van der Waals surface area contributed by atoms with Crippen molar-refractivity contribution in [2.45, 2.75) is 77.5 Å². The Morgan fingerprint density at radius 3 is 2.41 bits per heavy atom. The Bertz CT molecular complexity index is 1240. The molecule has 2 fully saturated rings. The molecule has 0 aliphatic carbocycles. The summed E-state index contributed by atoms with van der Waals surface area (Å²) < 4.78 is 11.4. The SMILES string of the molecule is Cc1ccccc1N1CCC(Oc2ccc(NC(=O)[C@H]3CCCCN3C(=O)CNC(=O)OC(C)(C)C)cc2Cl)CC1. The summed E-state index contributed by atoms with van der Waals surface area (Å²) >= 11 is 6.56. The lowest BCUT2D eigenvalue weighted by Crippen LogP contribution is -2.52. The molecule has 1 atom stereocenters. The number of carbonyl (C=O) groups is 3. The number of ether oxygens (including phenoxy) is 2. The van der Waals surface area contributed by atoms with Crippen LogP contribution in [-0.2, 0) is 14.3 Å². The van der Waals surface area contributed by atoms with Crippen molar-refractivity contribution in [2.75, 3.05) is 36.4 Å². The standard InChI is InChI=1S/C31H41ClN4O5/c1-21-9-5-6-10-25(21)35-17-14-23(15-18-35)40-27-13-12-22(19-24(27)32)34-29(38)26-11-7-8-16-36(26)28(37)20-33-30(39)41-31(2,3)4/h5-6,9-10,12-13,19,23,26H,7-8,11,14-18,20H2,1-4H3,(H,33,39)(H,34,38)/t26-/m1/s1. The average molecular weight is 585 g/mol. The summed E-state index contributed by atoms with van der Waals surface area (Å²) in [5.41, 5.74) is 2.40. The number of carbonyl (C=O) groups excluding carboxylic acids is 3. The van der Waals surface area contributed by atoms with Crippen LogP contribution in [0.5, 0.6) is 5.75 Å². The normalized spacial score (nSPS) is 18.0. The molecule has 0 unspecified atom stereocenters. The van der Waals surface area contributed by atoms with Crippen molar-refractivity contribution in [3.63, 3.8) is 0 Å². The number of amides is 3. The van der Waals surface area contributed by atoms with Gasteiger partial charge < -0.3 is 29.9 Å². The first kappa shape index (κ1) is 30.5. The number of likely N-dealkylation sites (tertiary alicyclic amines) is 1. The highest BCUT2D eigenvalue weighted by molar-refractivity contribution is 6.32. The summed E-state index contributed by atoms with van der Waals surface area (Å²) in [5.74, 6) is -0.0312. The molecule has 0 spiro atoms. The van der Waals surface area contributed by atoms with Gasteiger partial charge in [0.2, 0.25) is 11.8 Å². The number of alkyl carbamates (subject to hydrolysis) is 1. The number of anilines is 2. The molecule has 0 aromatic heterocycles. The summed E-state index contributed by atoms with van der Waals surface area (Å²) in [6, 6.07) is 13.0. The zero-order chi connectivity index (χ0) is 29.6. The fourth-order valence-corrected chi connectivity index (χ4v) is 5.50. The molecule has 2 saturated heterocycles. The third kappa shape index (κ3) is 8.52. The molecule has 3 amide bonds. The predicted molar refractivity (Wildman–Crippen MR) is 161 cm³/mol. The van der Waals surface area contributed by atoms with Crippen molar-refractivity contribution in [2.24, 2.45) is 0 Å². The van der Waals surface area contributed by atoms with Gasteiger partial charge in [0.05, 0.1) is 5.02 Å². The summed E-state index contributed by atoms with van der Waals surface area (Å²) in [4.78, 5) is 42.0. The quantitative estimate of drug-likeness (QED) is 0.443. The number of piperidine rings is 2. The molecule has 2 heterocycles. The maximum Gasteiger partial charge on any atom is 0.408 e. The van der Waals surface area contributed by atoms with Gasteiger partial charge in [-0.2, -0.15) is 0 Å². The Morgan fingerprint density at radius 1 is 1.00 bits per heavy atom. The Hall–Kier alpha value is -3.46. The summed E-state index contributed by atoms with van der Waals surface area (Å²) in [6.07, 6.45) is 3.33. The van der Waals surface area contributed by atoms with Gasteiger partial charge in [0.15, 0.2) is 0 Å². The van der Waals surface area contributed by atoms with Crippen LogP contribution in [0.25, 0.3) is 0 Å². The Labute approximate surface area is 247 Å². The largest absolute Gasteiger partial charge is 0.489 e. The molecule has 2 aliphatic heterocycles. The number of benzene rings is 2. The van der Waals surface area contributed by atoms with Crippen LogP contribution in [0.4, 0.5) is 16.2 Å². The van der Waals surface area contributed by atoms with Gasteiger partial charge in [-0.15, -0.1) is 0 Å². The van der Waals surface area contributed by atoms with E-state index < -0.39 is 17.7 Å². The first-order valence-electron chi connectivity index (χ1n) is 14.3. The molecule has 0 radical (unpaired) electrons. The van der Waals surface area contributed by atoms with Crippen LogP contribution in [0.15, 0.2) is 42.5 Å². The molecule has 41 heavy (non-hydrogen) atoms. The number of halogens is 1. The van der Waals surface area contributed by atoms with Gasteiger partial charge in [0.1, 0.15) is 30.0 Å². The molecule has 2 N–H and O–H groups in total. The van der Waals surface area contributed by atoms with Crippen LogP contribution in [0, 0.1) is 6.92 Å². The first-order chi connectivity index (χ1) is 19.5. The second-order valence-corrected chi connectivity index (χ2v) is 12.1. The van der Waals surface area contributed by atoms with E-state index in [1.807, 2.05) is 0 Å². The van der Waals surface area contributed by atoms with Gasteiger partial charge in [-0.1, -0.05) is 29.8 Å². The highest BCUT2D eigenvalue weighted by atomic mass is 35.5. The van der Waals surface area contributed by atoms with E-state index in [0.29, 0.717) is 29.4 Å². The number of nitrogens with zero attached hydrogens (tertiary/aromatic N) is 2. The van der Waals surface area contributed by atoms with E-state index in [4.69, 9.17) is 21.1 Å². The number of hydrogen-bond acceptors (Lipinski definition) is 6. The van der Waals surface area contributed by atoms with Crippen LogP contribution in [0.3, 0.4) is 0 Å². The van der Waals surface area contributed by atoms with Crippen LogP contribution < -0.4 is 20.3 Å². The van der Waals surface area contributed by atoms with Gasteiger partial charge in [0.25, 0.3) is 0 Å². The predicted octanol–water partition coefficient (Wildman–Crippen LogP) is 5.54. The van der Waals surface area contributed by atoms with Crippen LogP contribution in [0.1, 0.15) is 58.4 Å². The minimum atomic E-state index is -0.669. The van der Waals surface area contributed by atoms with Crippen LogP contribution in [0.2, 0.25) is 5.02 Å². The molecular weight excluding hydrogens is 544 g/mol. The maximum atomic E-state index is 13.2. The second-order valence-electron chi connectivity index (χ2n) is 11.7. The lowest BCUT2D eigenvalue weighted by atomic mass is 10.0. The number of nitrogens with one attached hydrogen (secondary N) is 2. The van der Waals surface area contributed by atoms with E-state index in [1.165, 1.54) is 16.2 Å². The Morgan fingerprint density at radius 2 is 1.73 bits per heavy atom. The highest BCUT2D eigenvalue weighted by Crippen LogP contribution is 2.32. The van der Waals surface area contributed by atoms with Crippen molar-refractivity contribution < 1.29 is 23.9 Å². The van der Waals surface area contributed by atoms with E-state index in [1.54, 1.807) is 39.0 Å². The van der Waals surface area contributed by atoms with Crippen molar-refractivity contribution in [3.8, 4) is 5.75 Å². The van der Waals surface area contributed by atoms with Crippen LogP contribution >= 0.6 is 11.6 Å².